The summed E-state index contributed by atoms with van der Waals surface area (Å²) in [5.74, 6) is 1.25. The molecule has 0 bridgehead atoms. The van der Waals surface area contributed by atoms with Crippen LogP contribution in [0, 0.1) is 11.8 Å². The minimum absolute atomic E-state index is 0.0197. The molecule has 3 aliphatic rings. The number of benzene rings is 1. The highest BCUT2D eigenvalue weighted by Crippen LogP contribution is 2.53. The first kappa shape index (κ1) is 21.0. The van der Waals surface area contributed by atoms with E-state index in [1.54, 1.807) is 7.11 Å². The molecule has 7 heteroatoms. The summed E-state index contributed by atoms with van der Waals surface area (Å²) in [6, 6.07) is 5.93. The monoisotopic (exact) mass is 417 g/mol. The number of fused-ring (bicyclic) bond motifs is 4. The molecule has 0 saturated carbocycles. The van der Waals surface area contributed by atoms with Crippen LogP contribution in [0.5, 0.6) is 11.5 Å². The van der Waals surface area contributed by atoms with Gasteiger partial charge in [-0.1, -0.05) is 0 Å². The number of aliphatic carboxylic acids is 1. The highest BCUT2D eigenvalue weighted by atomic mass is 16.5. The number of amides is 1. The summed E-state index contributed by atoms with van der Waals surface area (Å²) in [5, 5.41) is 8.79. The summed E-state index contributed by atoms with van der Waals surface area (Å²) in [4.78, 5) is 25.1. The number of nitrogens with zero attached hydrogens (tertiary/aromatic N) is 1. The molecule has 1 amide bonds. The molecule has 2 saturated heterocycles. The zero-order chi connectivity index (χ0) is 21.5. The molecule has 7 nitrogen and oxygen atoms in total. The van der Waals surface area contributed by atoms with Crippen molar-refractivity contribution in [1.82, 2.24) is 4.90 Å². The van der Waals surface area contributed by atoms with Gasteiger partial charge in [0.05, 0.1) is 19.3 Å². The highest BCUT2D eigenvalue weighted by Gasteiger charge is 2.51. The highest BCUT2D eigenvalue weighted by molar-refractivity contribution is 5.77. The molecule has 4 atom stereocenters. The third kappa shape index (κ3) is 4.00. The molecular weight excluding hydrogens is 386 g/mol. The normalized spacial score (nSPS) is 29.1. The van der Waals surface area contributed by atoms with E-state index in [9.17, 15) is 9.59 Å². The fraction of sp³-hybridized carbons (Fsp3) is 0.652. The number of methoxy groups -OCH3 is 1. The average molecular weight is 418 g/mol. The van der Waals surface area contributed by atoms with E-state index in [1.807, 2.05) is 23.1 Å². The summed E-state index contributed by atoms with van der Waals surface area (Å²) in [6.45, 7) is 5.55. The average Bonchev–Trinajstić information content (AvgIpc) is 2.71. The van der Waals surface area contributed by atoms with Gasteiger partial charge in [0.15, 0.2) is 0 Å². The summed E-state index contributed by atoms with van der Waals surface area (Å²) < 4.78 is 18.4. The summed E-state index contributed by atoms with van der Waals surface area (Å²) in [6.07, 6.45) is 2.57. The zero-order valence-corrected chi connectivity index (χ0v) is 17.9. The second-order valence-corrected chi connectivity index (χ2v) is 9.18. The summed E-state index contributed by atoms with van der Waals surface area (Å²) >= 11 is 0. The van der Waals surface area contributed by atoms with E-state index in [1.165, 1.54) is 0 Å². The SMILES string of the molecule is COc1ccc2c(c1)OC(C)(C)[C@H]1C[C@@H]3CN(C(=O)CCCC(=O)O)CC[C@@H]3O[C@H]21. The molecule has 1 aromatic rings. The van der Waals surface area contributed by atoms with Gasteiger partial charge in [-0.2, -0.15) is 0 Å². The molecule has 4 rings (SSSR count). The molecule has 0 unspecified atom stereocenters. The van der Waals surface area contributed by atoms with Crippen molar-refractivity contribution >= 4 is 11.9 Å². The molecule has 2 fully saturated rings. The molecule has 164 valence electrons. The Morgan fingerprint density at radius 3 is 2.83 bits per heavy atom. The summed E-state index contributed by atoms with van der Waals surface area (Å²) in [7, 11) is 1.65. The Morgan fingerprint density at radius 1 is 1.30 bits per heavy atom. The van der Waals surface area contributed by atoms with Crippen LogP contribution in [0.15, 0.2) is 18.2 Å². The van der Waals surface area contributed by atoms with Crippen LogP contribution in [0.4, 0.5) is 0 Å². The number of carbonyl (C=O) groups excluding carboxylic acids is 1. The largest absolute Gasteiger partial charge is 0.497 e. The van der Waals surface area contributed by atoms with Crippen LogP contribution in [0.3, 0.4) is 0 Å². The standard InChI is InChI=1S/C23H31NO6/c1-23(2)17-11-14-13-24(20(25)5-4-6-21(26)27)10-9-18(14)29-22(17)16-8-7-15(28-3)12-19(16)30-23/h7-8,12,14,17-18,22H,4-6,9-11,13H2,1-3H3,(H,26,27)/t14-,17+,18+,22-/m1/s1. The molecule has 3 aliphatic heterocycles. The van der Waals surface area contributed by atoms with E-state index >= 15 is 0 Å². The number of carbonyl (C=O) groups is 2. The van der Waals surface area contributed by atoms with Crippen LogP contribution in [-0.4, -0.2) is 53.8 Å². The van der Waals surface area contributed by atoms with Gasteiger partial charge >= 0.3 is 5.97 Å². The van der Waals surface area contributed by atoms with Crippen LogP contribution in [0.25, 0.3) is 0 Å². The molecule has 0 aliphatic carbocycles. The molecule has 30 heavy (non-hydrogen) atoms. The van der Waals surface area contributed by atoms with Crippen LogP contribution < -0.4 is 9.47 Å². The van der Waals surface area contributed by atoms with Gasteiger partial charge in [0.2, 0.25) is 5.91 Å². The Labute approximate surface area is 177 Å². The lowest BCUT2D eigenvalue weighted by molar-refractivity contribution is -0.188. The fourth-order valence-corrected chi connectivity index (χ4v) is 5.19. The minimum Gasteiger partial charge on any atom is -0.497 e. The third-order valence-electron chi connectivity index (χ3n) is 6.83. The second kappa shape index (κ2) is 8.10. The first-order valence-electron chi connectivity index (χ1n) is 10.8. The predicted molar refractivity (Wildman–Crippen MR) is 110 cm³/mol. The number of ether oxygens (including phenoxy) is 3. The van der Waals surface area contributed by atoms with Gasteiger partial charge in [0, 0.05) is 49.4 Å². The van der Waals surface area contributed by atoms with Gasteiger partial charge in [-0.15, -0.1) is 0 Å². The van der Waals surface area contributed by atoms with Crippen molar-refractivity contribution in [3.05, 3.63) is 23.8 Å². The van der Waals surface area contributed by atoms with Crippen molar-refractivity contribution in [2.45, 2.75) is 63.8 Å². The summed E-state index contributed by atoms with van der Waals surface area (Å²) in [5.41, 5.74) is 0.689. The van der Waals surface area contributed by atoms with E-state index in [-0.39, 0.29) is 42.0 Å². The van der Waals surface area contributed by atoms with Crippen molar-refractivity contribution in [3.63, 3.8) is 0 Å². The number of carboxylic acid groups (broad SMARTS) is 1. The molecule has 1 N–H and O–H groups in total. The maximum atomic E-state index is 12.5. The van der Waals surface area contributed by atoms with Crippen molar-refractivity contribution in [2.24, 2.45) is 11.8 Å². The predicted octanol–water partition coefficient (Wildman–Crippen LogP) is 3.42. The van der Waals surface area contributed by atoms with E-state index in [2.05, 4.69) is 13.8 Å². The maximum absolute atomic E-state index is 12.5. The maximum Gasteiger partial charge on any atom is 0.303 e. The Kier molecular flexibility index (Phi) is 5.66. The molecule has 0 spiro atoms. The fourth-order valence-electron chi connectivity index (χ4n) is 5.19. The van der Waals surface area contributed by atoms with Gasteiger partial charge in [0.25, 0.3) is 0 Å². The molecule has 1 aromatic carbocycles. The Morgan fingerprint density at radius 2 is 2.10 bits per heavy atom. The van der Waals surface area contributed by atoms with Gasteiger partial charge in [-0.05, 0) is 45.2 Å². The van der Waals surface area contributed by atoms with E-state index < -0.39 is 5.97 Å². The van der Waals surface area contributed by atoms with E-state index in [0.717, 1.165) is 29.9 Å². The van der Waals surface area contributed by atoms with Gasteiger partial charge in [0.1, 0.15) is 17.1 Å². The lowest BCUT2D eigenvalue weighted by Crippen LogP contribution is -2.55. The van der Waals surface area contributed by atoms with Crippen LogP contribution in [0.1, 0.15) is 57.6 Å². The number of carboxylic acids is 1. The number of likely N-dealkylation sites (tertiary alicyclic amines) is 1. The number of hydrogen-bond acceptors (Lipinski definition) is 5. The third-order valence-corrected chi connectivity index (χ3v) is 6.83. The number of hydrogen-bond donors (Lipinski definition) is 1. The van der Waals surface area contributed by atoms with E-state index in [0.29, 0.717) is 25.9 Å². The quantitative estimate of drug-likeness (QED) is 0.790. The molecule has 0 radical (unpaired) electrons. The smallest absolute Gasteiger partial charge is 0.303 e. The topological polar surface area (TPSA) is 85.3 Å². The lowest BCUT2D eigenvalue weighted by Gasteiger charge is -2.53. The van der Waals surface area contributed by atoms with Crippen molar-refractivity contribution in [3.8, 4) is 11.5 Å². The Hall–Kier alpha value is -2.28. The van der Waals surface area contributed by atoms with Crippen LogP contribution in [-0.2, 0) is 14.3 Å². The second-order valence-electron chi connectivity index (χ2n) is 9.18. The minimum atomic E-state index is -0.856. The Balaban J connectivity index is 1.47. The molecular formula is C23H31NO6. The van der Waals surface area contributed by atoms with E-state index in [4.69, 9.17) is 19.3 Å². The first-order chi connectivity index (χ1) is 14.3. The lowest BCUT2D eigenvalue weighted by atomic mass is 9.70. The zero-order valence-electron chi connectivity index (χ0n) is 17.9. The van der Waals surface area contributed by atoms with Gasteiger partial charge in [-0.3, -0.25) is 9.59 Å². The number of rotatable bonds is 5. The van der Waals surface area contributed by atoms with Crippen molar-refractivity contribution in [2.75, 3.05) is 20.2 Å². The van der Waals surface area contributed by atoms with Crippen LogP contribution >= 0.6 is 0 Å². The van der Waals surface area contributed by atoms with Crippen molar-refractivity contribution < 1.29 is 28.9 Å². The Bertz CT molecular complexity index is 822. The number of piperidine rings is 1. The van der Waals surface area contributed by atoms with Crippen LogP contribution in [0.2, 0.25) is 0 Å². The molecule has 3 heterocycles. The van der Waals surface area contributed by atoms with Gasteiger partial charge in [-0.25, -0.2) is 0 Å². The van der Waals surface area contributed by atoms with Gasteiger partial charge < -0.3 is 24.2 Å². The molecule has 0 aromatic heterocycles. The first-order valence-corrected chi connectivity index (χ1v) is 10.8. The van der Waals surface area contributed by atoms with Crippen molar-refractivity contribution in [1.29, 1.82) is 0 Å².